The first-order valence-corrected chi connectivity index (χ1v) is 7.63. The molecule has 0 spiro atoms. The molecule has 20 heavy (non-hydrogen) atoms. The smallest absolute Gasteiger partial charge is 0.0928 e. The number of likely N-dealkylation sites (N-methyl/N-ethyl adjacent to an activating group) is 1. The van der Waals surface area contributed by atoms with Crippen LogP contribution in [0.25, 0.3) is 0 Å². The summed E-state index contributed by atoms with van der Waals surface area (Å²) in [4.78, 5) is 2.32. The Hall–Kier alpha value is -0.940. The molecule has 1 unspecified atom stereocenters. The lowest BCUT2D eigenvalue weighted by molar-refractivity contribution is 0.0744. The Bertz CT molecular complexity index is 385. The van der Waals surface area contributed by atoms with Crippen molar-refractivity contribution in [3.8, 4) is 0 Å². The lowest BCUT2D eigenvalue weighted by atomic mass is 10.0. The van der Waals surface area contributed by atoms with E-state index in [1.807, 2.05) is 12.1 Å². The first-order valence-electron chi connectivity index (χ1n) is 7.63. The van der Waals surface area contributed by atoms with Gasteiger partial charge in [-0.3, -0.25) is 5.43 Å². The summed E-state index contributed by atoms with van der Waals surface area (Å²) in [5.74, 6) is 0. The van der Waals surface area contributed by atoms with E-state index >= 15 is 0 Å². The van der Waals surface area contributed by atoms with Gasteiger partial charge in [-0.2, -0.15) is 0 Å². The standard InChI is InChI=1S/C16H27N3O/c1-3-4-14-5-7-15(8-6-14)16(20)13-17-19-11-9-18(2)10-12-19/h5-8,16-17,20H,3-4,9-13H2,1-2H3. The SMILES string of the molecule is CCCc1ccc(C(O)CNN2CCN(C)CC2)cc1. The largest absolute Gasteiger partial charge is 0.387 e. The third-order valence-electron chi connectivity index (χ3n) is 3.91. The highest BCUT2D eigenvalue weighted by atomic mass is 16.3. The van der Waals surface area contributed by atoms with Gasteiger partial charge in [0.15, 0.2) is 0 Å². The third-order valence-corrected chi connectivity index (χ3v) is 3.91. The number of hydrogen-bond acceptors (Lipinski definition) is 4. The van der Waals surface area contributed by atoms with E-state index < -0.39 is 6.10 Å². The summed E-state index contributed by atoms with van der Waals surface area (Å²) in [5.41, 5.74) is 5.67. The number of piperazine rings is 1. The van der Waals surface area contributed by atoms with Gasteiger partial charge in [-0.15, -0.1) is 0 Å². The molecule has 1 aromatic rings. The molecule has 1 heterocycles. The zero-order valence-electron chi connectivity index (χ0n) is 12.7. The van der Waals surface area contributed by atoms with Crippen molar-refractivity contribution in [1.82, 2.24) is 15.3 Å². The van der Waals surface area contributed by atoms with Crippen LogP contribution in [-0.4, -0.2) is 54.8 Å². The Labute approximate surface area is 122 Å². The van der Waals surface area contributed by atoms with Gasteiger partial charge in [0, 0.05) is 32.7 Å². The second kappa shape index (κ2) is 7.74. The van der Waals surface area contributed by atoms with E-state index in [0.717, 1.165) is 44.6 Å². The van der Waals surface area contributed by atoms with Crippen LogP contribution in [0.2, 0.25) is 0 Å². The fourth-order valence-electron chi connectivity index (χ4n) is 2.49. The molecule has 1 atom stereocenters. The van der Waals surface area contributed by atoms with Crippen LogP contribution in [0.15, 0.2) is 24.3 Å². The molecule has 112 valence electrons. The summed E-state index contributed by atoms with van der Waals surface area (Å²) in [5, 5.41) is 12.4. The van der Waals surface area contributed by atoms with Crippen LogP contribution in [0.3, 0.4) is 0 Å². The van der Waals surface area contributed by atoms with Gasteiger partial charge < -0.3 is 10.0 Å². The van der Waals surface area contributed by atoms with Crippen LogP contribution < -0.4 is 5.43 Å². The summed E-state index contributed by atoms with van der Waals surface area (Å²) < 4.78 is 0. The van der Waals surface area contributed by atoms with E-state index in [1.54, 1.807) is 0 Å². The average molecular weight is 277 g/mol. The molecular formula is C16H27N3O. The predicted octanol–water partition coefficient (Wildman–Crippen LogP) is 1.42. The minimum Gasteiger partial charge on any atom is -0.387 e. The summed E-state index contributed by atoms with van der Waals surface area (Å²) in [7, 11) is 2.14. The van der Waals surface area contributed by atoms with Crippen molar-refractivity contribution in [2.45, 2.75) is 25.9 Å². The van der Waals surface area contributed by atoms with Crippen molar-refractivity contribution >= 4 is 0 Å². The number of benzene rings is 1. The summed E-state index contributed by atoms with van der Waals surface area (Å²) in [6.45, 7) is 6.94. The summed E-state index contributed by atoms with van der Waals surface area (Å²) in [6, 6.07) is 8.33. The van der Waals surface area contributed by atoms with Crippen molar-refractivity contribution < 1.29 is 5.11 Å². The second-order valence-electron chi connectivity index (χ2n) is 5.66. The molecule has 2 N–H and O–H groups in total. The van der Waals surface area contributed by atoms with Crippen molar-refractivity contribution in [3.05, 3.63) is 35.4 Å². The summed E-state index contributed by atoms with van der Waals surface area (Å²) >= 11 is 0. The van der Waals surface area contributed by atoms with Crippen molar-refractivity contribution in [3.63, 3.8) is 0 Å². The van der Waals surface area contributed by atoms with Crippen molar-refractivity contribution in [2.24, 2.45) is 0 Å². The van der Waals surface area contributed by atoms with E-state index in [4.69, 9.17) is 0 Å². The fraction of sp³-hybridized carbons (Fsp3) is 0.625. The van der Waals surface area contributed by atoms with Crippen LogP contribution in [0.5, 0.6) is 0 Å². The average Bonchev–Trinajstić information content (AvgIpc) is 2.47. The Morgan fingerprint density at radius 2 is 1.80 bits per heavy atom. The topological polar surface area (TPSA) is 38.7 Å². The van der Waals surface area contributed by atoms with E-state index in [-0.39, 0.29) is 0 Å². The Morgan fingerprint density at radius 1 is 1.15 bits per heavy atom. The first-order chi connectivity index (χ1) is 9.69. The first kappa shape index (κ1) is 15.4. The highest BCUT2D eigenvalue weighted by Gasteiger charge is 2.15. The molecule has 0 aliphatic carbocycles. The van der Waals surface area contributed by atoms with Crippen LogP contribution >= 0.6 is 0 Å². The molecule has 1 aliphatic rings. The zero-order valence-corrected chi connectivity index (χ0v) is 12.7. The minimum absolute atomic E-state index is 0.440. The number of aliphatic hydroxyl groups excluding tert-OH is 1. The molecule has 0 saturated carbocycles. The van der Waals surface area contributed by atoms with Crippen molar-refractivity contribution in [1.29, 1.82) is 0 Å². The lowest BCUT2D eigenvalue weighted by Crippen LogP contribution is -2.51. The van der Waals surface area contributed by atoms with Crippen LogP contribution in [-0.2, 0) is 6.42 Å². The molecule has 1 aromatic carbocycles. The number of nitrogens with zero attached hydrogens (tertiary/aromatic N) is 2. The number of hydrazine groups is 1. The number of rotatable bonds is 6. The molecule has 0 radical (unpaired) electrons. The van der Waals surface area contributed by atoms with E-state index in [2.05, 4.69) is 41.4 Å². The van der Waals surface area contributed by atoms with E-state index in [1.165, 1.54) is 5.56 Å². The Morgan fingerprint density at radius 3 is 2.40 bits per heavy atom. The minimum atomic E-state index is -0.440. The molecule has 4 heteroatoms. The van der Waals surface area contributed by atoms with Gasteiger partial charge >= 0.3 is 0 Å². The maximum atomic E-state index is 10.2. The molecule has 0 bridgehead atoms. The van der Waals surface area contributed by atoms with Crippen molar-refractivity contribution in [2.75, 3.05) is 39.8 Å². The van der Waals surface area contributed by atoms with Gasteiger partial charge in [0.2, 0.25) is 0 Å². The van der Waals surface area contributed by atoms with Gasteiger partial charge in [-0.1, -0.05) is 37.6 Å². The van der Waals surface area contributed by atoms with Crippen LogP contribution in [0, 0.1) is 0 Å². The fourth-order valence-corrected chi connectivity index (χ4v) is 2.49. The van der Waals surface area contributed by atoms with Crippen LogP contribution in [0.4, 0.5) is 0 Å². The van der Waals surface area contributed by atoms with Gasteiger partial charge in [0.1, 0.15) is 0 Å². The third kappa shape index (κ3) is 4.56. The lowest BCUT2D eigenvalue weighted by Gasteiger charge is -2.33. The van der Waals surface area contributed by atoms with Crippen LogP contribution in [0.1, 0.15) is 30.6 Å². The molecule has 4 nitrogen and oxygen atoms in total. The number of aliphatic hydroxyl groups is 1. The zero-order chi connectivity index (χ0) is 14.4. The molecule has 1 aliphatic heterocycles. The van der Waals surface area contributed by atoms with Gasteiger partial charge in [-0.25, -0.2) is 5.01 Å². The number of aryl methyl sites for hydroxylation is 1. The second-order valence-corrected chi connectivity index (χ2v) is 5.66. The molecular weight excluding hydrogens is 250 g/mol. The molecule has 1 fully saturated rings. The Balaban J connectivity index is 1.77. The predicted molar refractivity (Wildman–Crippen MR) is 82.5 cm³/mol. The highest BCUT2D eigenvalue weighted by molar-refractivity contribution is 5.24. The maximum absolute atomic E-state index is 10.2. The summed E-state index contributed by atoms with van der Waals surface area (Å²) in [6.07, 6.45) is 1.83. The monoisotopic (exact) mass is 277 g/mol. The Kier molecular flexibility index (Phi) is 5.98. The molecule has 0 aromatic heterocycles. The molecule has 0 amide bonds. The molecule has 2 rings (SSSR count). The quantitative estimate of drug-likeness (QED) is 0.825. The van der Waals surface area contributed by atoms with Gasteiger partial charge in [0.05, 0.1) is 6.10 Å². The normalized spacial score (nSPS) is 19.1. The van der Waals surface area contributed by atoms with Gasteiger partial charge in [0.25, 0.3) is 0 Å². The maximum Gasteiger partial charge on any atom is 0.0928 e. The number of nitrogens with one attached hydrogen (secondary N) is 1. The highest BCUT2D eigenvalue weighted by Crippen LogP contribution is 2.14. The van der Waals surface area contributed by atoms with E-state index in [0.29, 0.717) is 6.54 Å². The van der Waals surface area contributed by atoms with E-state index in [9.17, 15) is 5.11 Å². The molecule has 1 saturated heterocycles. The number of hydrogen-bond donors (Lipinski definition) is 2. The van der Waals surface area contributed by atoms with Gasteiger partial charge in [-0.05, 0) is 24.6 Å².